The maximum Gasteiger partial charge on any atom is 0.153 e. The number of H-pyrrole nitrogens is 2. The molecule has 0 unspecified atom stereocenters. The van der Waals surface area contributed by atoms with Gasteiger partial charge in [-0.05, 0) is 6.07 Å². The molecular weight excluding hydrogens is 216 g/mol. The van der Waals surface area contributed by atoms with Gasteiger partial charge in [0.2, 0.25) is 0 Å². The molecule has 6 nitrogen and oxygen atoms in total. The van der Waals surface area contributed by atoms with Crippen LogP contribution in [0.1, 0.15) is 0 Å². The second-order valence-electron chi connectivity index (χ2n) is 3.59. The van der Waals surface area contributed by atoms with Crippen molar-refractivity contribution in [2.75, 3.05) is 5.73 Å². The van der Waals surface area contributed by atoms with E-state index in [1.807, 2.05) is 12.1 Å². The van der Waals surface area contributed by atoms with Gasteiger partial charge in [0.15, 0.2) is 5.82 Å². The number of nitrogens with one attached hydrogen (secondary N) is 2. The predicted molar refractivity (Wildman–Crippen MR) is 63.8 cm³/mol. The molecule has 0 fully saturated rings. The molecule has 0 amide bonds. The summed E-state index contributed by atoms with van der Waals surface area (Å²) in [5, 5.41) is 13.6. The van der Waals surface area contributed by atoms with E-state index in [-0.39, 0.29) is 0 Å². The molecule has 4 N–H and O–H groups in total. The van der Waals surface area contributed by atoms with Crippen molar-refractivity contribution >= 4 is 5.82 Å². The zero-order valence-electron chi connectivity index (χ0n) is 8.88. The molecule has 84 valence electrons. The average Bonchev–Trinajstić information content (AvgIpc) is 2.98. The largest absolute Gasteiger partial charge is 0.382 e. The van der Waals surface area contributed by atoms with E-state index >= 15 is 0 Å². The van der Waals surface area contributed by atoms with Gasteiger partial charge in [-0.1, -0.05) is 6.07 Å². The van der Waals surface area contributed by atoms with Crippen LogP contribution in [0.3, 0.4) is 0 Å². The highest BCUT2D eigenvalue weighted by atomic mass is 15.2. The Hall–Kier alpha value is -2.63. The van der Waals surface area contributed by atoms with E-state index in [9.17, 15) is 0 Å². The zero-order valence-corrected chi connectivity index (χ0v) is 8.88. The fraction of sp³-hybridized carbons (Fsp3) is 0. The third-order valence-electron chi connectivity index (χ3n) is 2.53. The smallest absolute Gasteiger partial charge is 0.153 e. The van der Waals surface area contributed by atoms with Crippen molar-refractivity contribution in [1.29, 1.82) is 0 Å². The van der Waals surface area contributed by atoms with Crippen molar-refractivity contribution in [3.8, 4) is 22.4 Å². The van der Waals surface area contributed by atoms with Crippen LogP contribution in [0.5, 0.6) is 0 Å². The molecule has 0 bridgehead atoms. The molecule has 0 radical (unpaired) electrons. The van der Waals surface area contributed by atoms with E-state index in [0.717, 1.165) is 22.4 Å². The average molecular weight is 226 g/mol. The van der Waals surface area contributed by atoms with Crippen LogP contribution >= 0.6 is 0 Å². The monoisotopic (exact) mass is 226 g/mol. The van der Waals surface area contributed by atoms with Crippen LogP contribution in [0.15, 0.2) is 36.9 Å². The molecule has 0 aliphatic rings. The number of nitrogens with zero attached hydrogens (tertiary/aromatic N) is 3. The second-order valence-corrected chi connectivity index (χ2v) is 3.59. The molecule has 3 heterocycles. The normalized spacial score (nSPS) is 10.6. The lowest BCUT2D eigenvalue weighted by atomic mass is 10.0. The maximum atomic E-state index is 5.88. The molecular formula is C11H10N6. The molecule has 0 aromatic carbocycles. The Bertz CT molecular complexity index is 611. The van der Waals surface area contributed by atoms with E-state index < -0.39 is 0 Å². The molecule has 0 spiro atoms. The molecule has 0 saturated heterocycles. The van der Waals surface area contributed by atoms with Crippen molar-refractivity contribution < 1.29 is 0 Å². The molecule has 3 rings (SSSR count). The molecule has 0 atom stereocenters. The number of aromatic nitrogens is 5. The number of nitrogens with two attached hydrogens (primary N) is 1. The van der Waals surface area contributed by atoms with Gasteiger partial charge in [-0.2, -0.15) is 10.2 Å². The number of hydrogen-bond donors (Lipinski definition) is 3. The minimum Gasteiger partial charge on any atom is -0.382 e. The van der Waals surface area contributed by atoms with Crippen LogP contribution in [-0.4, -0.2) is 25.4 Å². The summed E-state index contributed by atoms with van der Waals surface area (Å²) in [6.07, 6.45) is 6.97. The molecule has 17 heavy (non-hydrogen) atoms. The quantitative estimate of drug-likeness (QED) is 0.616. The van der Waals surface area contributed by atoms with Crippen molar-refractivity contribution in [3.05, 3.63) is 36.9 Å². The summed E-state index contributed by atoms with van der Waals surface area (Å²) >= 11 is 0. The first-order valence-electron chi connectivity index (χ1n) is 5.09. The van der Waals surface area contributed by atoms with Crippen molar-refractivity contribution in [1.82, 2.24) is 25.4 Å². The summed E-state index contributed by atoms with van der Waals surface area (Å²) in [7, 11) is 0. The number of aromatic amines is 2. The molecule has 0 saturated carbocycles. The number of rotatable bonds is 2. The Kier molecular flexibility index (Phi) is 2.11. The highest BCUT2D eigenvalue weighted by molar-refractivity contribution is 5.86. The maximum absolute atomic E-state index is 5.88. The van der Waals surface area contributed by atoms with Crippen molar-refractivity contribution in [2.45, 2.75) is 0 Å². The van der Waals surface area contributed by atoms with Gasteiger partial charge in [0.1, 0.15) is 0 Å². The molecule has 0 aliphatic heterocycles. The second kappa shape index (κ2) is 3.75. The molecule has 3 aromatic heterocycles. The third kappa shape index (κ3) is 1.55. The summed E-state index contributed by atoms with van der Waals surface area (Å²) in [5.41, 5.74) is 9.40. The van der Waals surface area contributed by atoms with E-state index in [2.05, 4.69) is 25.4 Å². The standard InChI is InChI=1S/C11H10N6/c12-11-9(7-2-1-3-13-4-7)10(16-17-11)8-5-14-15-6-8/h1-6H,(H,14,15)(H3,12,16,17). The number of anilines is 1. The van der Waals surface area contributed by atoms with Crippen LogP contribution < -0.4 is 5.73 Å². The van der Waals surface area contributed by atoms with Gasteiger partial charge in [-0.25, -0.2) is 0 Å². The Morgan fingerprint density at radius 2 is 2.12 bits per heavy atom. The molecule has 6 heteroatoms. The Morgan fingerprint density at radius 3 is 2.82 bits per heavy atom. The first-order valence-corrected chi connectivity index (χ1v) is 5.09. The van der Waals surface area contributed by atoms with Gasteiger partial charge in [0.05, 0.1) is 17.5 Å². The van der Waals surface area contributed by atoms with Crippen LogP contribution in [0, 0.1) is 0 Å². The number of pyridine rings is 1. The lowest BCUT2D eigenvalue weighted by Gasteiger charge is -2.01. The highest BCUT2D eigenvalue weighted by Gasteiger charge is 2.15. The summed E-state index contributed by atoms with van der Waals surface area (Å²) < 4.78 is 0. The van der Waals surface area contributed by atoms with Gasteiger partial charge < -0.3 is 5.73 Å². The topological polar surface area (TPSA) is 96.3 Å². The first-order chi connectivity index (χ1) is 8.36. The van der Waals surface area contributed by atoms with Crippen LogP contribution in [-0.2, 0) is 0 Å². The zero-order chi connectivity index (χ0) is 11.7. The molecule has 0 aliphatic carbocycles. The first kappa shape index (κ1) is 9.59. The molecule has 3 aromatic rings. The van der Waals surface area contributed by atoms with Gasteiger partial charge in [-0.15, -0.1) is 0 Å². The van der Waals surface area contributed by atoms with Gasteiger partial charge in [0, 0.05) is 29.7 Å². The van der Waals surface area contributed by atoms with E-state index in [1.54, 1.807) is 24.8 Å². The minimum atomic E-state index is 0.453. The lowest BCUT2D eigenvalue weighted by molar-refractivity contribution is 1.09. The van der Waals surface area contributed by atoms with Crippen molar-refractivity contribution in [2.24, 2.45) is 0 Å². The lowest BCUT2D eigenvalue weighted by Crippen LogP contribution is -1.88. The Balaban J connectivity index is 2.20. The summed E-state index contributed by atoms with van der Waals surface area (Å²) in [4.78, 5) is 4.08. The van der Waals surface area contributed by atoms with Crippen LogP contribution in [0.2, 0.25) is 0 Å². The summed E-state index contributed by atoms with van der Waals surface area (Å²) in [6.45, 7) is 0. The minimum absolute atomic E-state index is 0.453. The highest BCUT2D eigenvalue weighted by Crippen LogP contribution is 2.33. The third-order valence-corrected chi connectivity index (χ3v) is 2.53. The number of hydrogen-bond acceptors (Lipinski definition) is 4. The summed E-state index contributed by atoms with van der Waals surface area (Å²) in [6, 6.07) is 3.80. The SMILES string of the molecule is Nc1n[nH]c(-c2cn[nH]c2)c1-c1cccnc1. The number of nitrogen functional groups attached to an aromatic ring is 1. The van der Waals surface area contributed by atoms with E-state index in [0.29, 0.717) is 5.82 Å². The van der Waals surface area contributed by atoms with E-state index in [1.165, 1.54) is 0 Å². The van der Waals surface area contributed by atoms with Gasteiger partial charge in [-0.3, -0.25) is 15.2 Å². The van der Waals surface area contributed by atoms with Crippen molar-refractivity contribution in [3.63, 3.8) is 0 Å². The van der Waals surface area contributed by atoms with Crippen LogP contribution in [0.25, 0.3) is 22.4 Å². The predicted octanol–water partition coefficient (Wildman–Crippen LogP) is 1.44. The summed E-state index contributed by atoms with van der Waals surface area (Å²) in [5.74, 6) is 0.453. The van der Waals surface area contributed by atoms with Gasteiger partial charge >= 0.3 is 0 Å². The fourth-order valence-corrected chi connectivity index (χ4v) is 1.76. The van der Waals surface area contributed by atoms with Gasteiger partial charge in [0.25, 0.3) is 0 Å². The Labute approximate surface area is 96.9 Å². The Morgan fingerprint density at radius 1 is 1.18 bits per heavy atom. The fourth-order valence-electron chi connectivity index (χ4n) is 1.76. The van der Waals surface area contributed by atoms with E-state index in [4.69, 9.17) is 5.73 Å². The van der Waals surface area contributed by atoms with Crippen LogP contribution in [0.4, 0.5) is 5.82 Å².